The fourth-order valence-corrected chi connectivity index (χ4v) is 2.61. The largest absolute Gasteiger partial charge is 0.494 e. The highest BCUT2D eigenvalue weighted by atomic mass is 16.5. The SMILES string of the molecule is CC(CCc1ccc(OCCCN2CCCC2)cc1)=NO. The lowest BCUT2D eigenvalue weighted by molar-refractivity contribution is 0.263. The van der Waals surface area contributed by atoms with Crippen LogP contribution in [0.3, 0.4) is 0 Å². The molecule has 1 N–H and O–H groups in total. The van der Waals surface area contributed by atoms with E-state index in [2.05, 4.69) is 22.2 Å². The molecule has 0 aliphatic carbocycles. The molecule has 1 aromatic carbocycles. The topological polar surface area (TPSA) is 45.1 Å². The van der Waals surface area contributed by atoms with Crippen LogP contribution >= 0.6 is 0 Å². The van der Waals surface area contributed by atoms with Crippen LogP contribution in [0.25, 0.3) is 0 Å². The molecule has 0 spiro atoms. The summed E-state index contributed by atoms with van der Waals surface area (Å²) >= 11 is 0. The fraction of sp³-hybridized carbons (Fsp3) is 0.588. The first-order valence-corrected chi connectivity index (χ1v) is 7.89. The first-order valence-electron chi connectivity index (χ1n) is 7.89. The minimum atomic E-state index is 0.761. The number of nitrogens with zero attached hydrogens (tertiary/aromatic N) is 2. The number of oxime groups is 1. The second-order valence-corrected chi connectivity index (χ2v) is 5.73. The maximum absolute atomic E-state index is 8.62. The highest BCUT2D eigenvalue weighted by Gasteiger charge is 2.10. The van der Waals surface area contributed by atoms with Crippen molar-refractivity contribution in [1.29, 1.82) is 0 Å². The molecule has 1 aliphatic rings. The van der Waals surface area contributed by atoms with Crippen LogP contribution in [0.5, 0.6) is 5.75 Å². The molecule has 0 bridgehead atoms. The Hall–Kier alpha value is -1.55. The normalized spacial score (nSPS) is 16.3. The zero-order valence-corrected chi connectivity index (χ0v) is 12.9. The van der Waals surface area contributed by atoms with Gasteiger partial charge in [-0.2, -0.15) is 0 Å². The Balaban J connectivity index is 1.64. The fourth-order valence-electron chi connectivity index (χ4n) is 2.61. The molecule has 0 saturated carbocycles. The number of ether oxygens (including phenoxy) is 1. The molecule has 1 fully saturated rings. The molecular weight excluding hydrogens is 264 g/mol. The van der Waals surface area contributed by atoms with Gasteiger partial charge in [0.05, 0.1) is 12.3 Å². The zero-order valence-electron chi connectivity index (χ0n) is 12.9. The maximum atomic E-state index is 8.62. The summed E-state index contributed by atoms with van der Waals surface area (Å²) in [5.74, 6) is 0.938. The number of hydrogen-bond donors (Lipinski definition) is 1. The number of benzene rings is 1. The van der Waals surface area contributed by atoms with Crippen LogP contribution in [0.4, 0.5) is 0 Å². The van der Waals surface area contributed by atoms with Gasteiger partial charge in [-0.15, -0.1) is 0 Å². The van der Waals surface area contributed by atoms with Crippen molar-refractivity contribution < 1.29 is 9.94 Å². The van der Waals surface area contributed by atoms with Crippen LogP contribution in [0, 0.1) is 0 Å². The molecule has 0 atom stereocenters. The summed E-state index contributed by atoms with van der Waals surface area (Å²) in [5.41, 5.74) is 2.00. The number of hydrogen-bond acceptors (Lipinski definition) is 4. The lowest BCUT2D eigenvalue weighted by atomic mass is 10.1. The Morgan fingerprint density at radius 2 is 1.95 bits per heavy atom. The van der Waals surface area contributed by atoms with Gasteiger partial charge < -0.3 is 14.8 Å². The number of aryl methyl sites for hydroxylation is 1. The van der Waals surface area contributed by atoms with Crippen molar-refractivity contribution in [3.8, 4) is 5.75 Å². The molecule has 0 aromatic heterocycles. The minimum absolute atomic E-state index is 0.761. The van der Waals surface area contributed by atoms with Gasteiger partial charge in [0.15, 0.2) is 0 Å². The van der Waals surface area contributed by atoms with Crippen molar-refractivity contribution in [2.24, 2.45) is 5.16 Å². The van der Waals surface area contributed by atoms with E-state index in [1.165, 1.54) is 31.5 Å². The van der Waals surface area contributed by atoms with Crippen molar-refractivity contribution in [1.82, 2.24) is 4.90 Å². The molecule has 4 nitrogen and oxygen atoms in total. The molecule has 21 heavy (non-hydrogen) atoms. The molecular formula is C17H26N2O2. The highest BCUT2D eigenvalue weighted by Crippen LogP contribution is 2.14. The van der Waals surface area contributed by atoms with Gasteiger partial charge in [-0.25, -0.2) is 0 Å². The molecule has 0 unspecified atom stereocenters. The standard InChI is InChI=1S/C17H26N2O2/c1-15(18-20)5-6-16-7-9-17(10-8-16)21-14-4-13-19-11-2-3-12-19/h7-10,20H,2-6,11-14H2,1H3. The van der Waals surface area contributed by atoms with Crippen molar-refractivity contribution in [3.05, 3.63) is 29.8 Å². The second-order valence-electron chi connectivity index (χ2n) is 5.73. The predicted molar refractivity (Wildman–Crippen MR) is 85.4 cm³/mol. The maximum Gasteiger partial charge on any atom is 0.119 e. The third-order valence-corrected chi connectivity index (χ3v) is 3.96. The number of likely N-dealkylation sites (tertiary alicyclic amines) is 1. The third kappa shape index (κ3) is 5.76. The molecule has 1 saturated heterocycles. The summed E-state index contributed by atoms with van der Waals surface area (Å²) in [6, 6.07) is 8.22. The molecule has 1 aromatic rings. The van der Waals surface area contributed by atoms with Gasteiger partial charge >= 0.3 is 0 Å². The van der Waals surface area contributed by atoms with Crippen molar-refractivity contribution >= 4 is 5.71 Å². The Morgan fingerprint density at radius 1 is 1.24 bits per heavy atom. The summed E-state index contributed by atoms with van der Waals surface area (Å²) < 4.78 is 5.78. The van der Waals surface area contributed by atoms with Crippen LogP contribution in [-0.2, 0) is 6.42 Å². The average Bonchev–Trinajstić information content (AvgIpc) is 3.03. The van der Waals surface area contributed by atoms with Gasteiger partial charge in [-0.3, -0.25) is 0 Å². The third-order valence-electron chi connectivity index (χ3n) is 3.96. The molecule has 1 aliphatic heterocycles. The lowest BCUT2D eigenvalue weighted by Crippen LogP contribution is -2.21. The van der Waals surface area contributed by atoms with E-state index in [4.69, 9.17) is 9.94 Å². The summed E-state index contributed by atoms with van der Waals surface area (Å²) in [4.78, 5) is 2.51. The first kappa shape index (κ1) is 15.8. The molecule has 4 heteroatoms. The van der Waals surface area contributed by atoms with Gasteiger partial charge in [0.1, 0.15) is 5.75 Å². The van der Waals surface area contributed by atoms with E-state index in [-0.39, 0.29) is 0 Å². The number of rotatable bonds is 8. The summed E-state index contributed by atoms with van der Waals surface area (Å²) in [6.45, 7) is 6.28. The van der Waals surface area contributed by atoms with Crippen LogP contribution in [0.15, 0.2) is 29.4 Å². The van der Waals surface area contributed by atoms with E-state index in [0.29, 0.717) is 0 Å². The molecule has 2 rings (SSSR count). The van der Waals surface area contributed by atoms with Crippen LogP contribution in [0.1, 0.15) is 38.2 Å². The van der Waals surface area contributed by atoms with Gasteiger partial charge in [0.2, 0.25) is 0 Å². The zero-order chi connectivity index (χ0) is 14.9. The van der Waals surface area contributed by atoms with E-state index < -0.39 is 0 Å². The van der Waals surface area contributed by atoms with Crippen molar-refractivity contribution in [2.45, 2.75) is 39.0 Å². The van der Waals surface area contributed by atoms with E-state index in [1.807, 2.05) is 19.1 Å². The highest BCUT2D eigenvalue weighted by molar-refractivity contribution is 5.81. The van der Waals surface area contributed by atoms with Crippen LogP contribution < -0.4 is 4.74 Å². The Labute approximate surface area is 127 Å². The molecule has 1 heterocycles. The molecule has 0 radical (unpaired) electrons. The Bertz CT molecular complexity index is 437. The smallest absolute Gasteiger partial charge is 0.119 e. The summed E-state index contributed by atoms with van der Waals surface area (Å²) in [5, 5.41) is 11.8. The summed E-state index contributed by atoms with van der Waals surface area (Å²) in [6.07, 6.45) is 5.47. The van der Waals surface area contributed by atoms with Crippen LogP contribution in [0.2, 0.25) is 0 Å². The van der Waals surface area contributed by atoms with Crippen LogP contribution in [-0.4, -0.2) is 42.1 Å². The lowest BCUT2D eigenvalue weighted by Gasteiger charge is -2.14. The second kappa shape index (κ2) is 8.67. The van der Waals surface area contributed by atoms with Crippen molar-refractivity contribution in [2.75, 3.05) is 26.2 Å². The van der Waals surface area contributed by atoms with Gasteiger partial charge in [-0.05, 0) is 69.8 Å². The minimum Gasteiger partial charge on any atom is -0.494 e. The Kier molecular flexibility index (Phi) is 6.54. The van der Waals surface area contributed by atoms with Gasteiger partial charge in [0, 0.05) is 6.54 Å². The van der Waals surface area contributed by atoms with Gasteiger partial charge in [-0.1, -0.05) is 17.3 Å². The van der Waals surface area contributed by atoms with Crippen molar-refractivity contribution in [3.63, 3.8) is 0 Å². The van der Waals surface area contributed by atoms with E-state index >= 15 is 0 Å². The predicted octanol–water partition coefficient (Wildman–Crippen LogP) is 3.33. The first-order chi connectivity index (χ1) is 10.3. The quantitative estimate of drug-likeness (QED) is 0.346. The Morgan fingerprint density at radius 3 is 2.62 bits per heavy atom. The molecule has 0 amide bonds. The average molecular weight is 290 g/mol. The molecule has 116 valence electrons. The van der Waals surface area contributed by atoms with E-state index in [1.54, 1.807) is 0 Å². The van der Waals surface area contributed by atoms with Gasteiger partial charge in [0.25, 0.3) is 0 Å². The van der Waals surface area contributed by atoms with E-state index in [9.17, 15) is 0 Å². The van der Waals surface area contributed by atoms with E-state index in [0.717, 1.165) is 43.9 Å². The summed E-state index contributed by atoms with van der Waals surface area (Å²) in [7, 11) is 0. The monoisotopic (exact) mass is 290 g/mol.